The van der Waals surface area contributed by atoms with E-state index < -0.39 is 6.10 Å². The Labute approximate surface area is 173 Å². The Hall–Kier alpha value is -2.47. The summed E-state index contributed by atoms with van der Waals surface area (Å²) in [7, 11) is 0. The third-order valence-corrected chi connectivity index (χ3v) is 5.08. The molecule has 3 heterocycles. The Kier molecular flexibility index (Phi) is 6.22. The molecule has 2 N–H and O–H groups in total. The molecule has 1 amide bonds. The van der Waals surface area contributed by atoms with Gasteiger partial charge in [0.05, 0.1) is 29.7 Å². The summed E-state index contributed by atoms with van der Waals surface area (Å²) in [5.41, 5.74) is 4.83. The van der Waals surface area contributed by atoms with Gasteiger partial charge in [-0.2, -0.15) is 0 Å². The van der Waals surface area contributed by atoms with Gasteiger partial charge in [-0.25, -0.2) is 4.98 Å². The first-order valence-electron chi connectivity index (χ1n) is 10.3. The molecule has 6 nitrogen and oxygen atoms in total. The molecular weight excluding hydrogens is 364 g/mol. The maximum atomic E-state index is 12.3. The van der Waals surface area contributed by atoms with Crippen molar-refractivity contribution < 1.29 is 9.90 Å². The minimum Gasteiger partial charge on any atom is -0.389 e. The van der Waals surface area contributed by atoms with Crippen molar-refractivity contribution in [3.05, 3.63) is 46.9 Å². The van der Waals surface area contributed by atoms with Crippen molar-refractivity contribution >= 4 is 17.4 Å². The molecule has 156 valence electrons. The normalized spacial score (nSPS) is 15.0. The Morgan fingerprint density at radius 2 is 2.10 bits per heavy atom. The van der Waals surface area contributed by atoms with Gasteiger partial charge in [0.1, 0.15) is 5.82 Å². The van der Waals surface area contributed by atoms with Gasteiger partial charge >= 0.3 is 0 Å². The minimum absolute atomic E-state index is 0.00289. The number of rotatable bonds is 5. The van der Waals surface area contributed by atoms with Gasteiger partial charge in [0.2, 0.25) is 5.91 Å². The summed E-state index contributed by atoms with van der Waals surface area (Å²) in [6.07, 6.45) is 3.62. The first-order chi connectivity index (χ1) is 13.6. The van der Waals surface area contributed by atoms with E-state index in [1.807, 2.05) is 19.1 Å². The summed E-state index contributed by atoms with van der Waals surface area (Å²) in [6.45, 7) is 11.5. The lowest BCUT2D eigenvalue weighted by Crippen LogP contribution is -2.30. The number of carbonyl (C=O) groups is 1. The van der Waals surface area contributed by atoms with E-state index in [1.54, 1.807) is 13.1 Å². The van der Waals surface area contributed by atoms with Crippen molar-refractivity contribution in [3.63, 3.8) is 0 Å². The van der Waals surface area contributed by atoms with Gasteiger partial charge in [-0.3, -0.25) is 9.78 Å². The molecule has 0 radical (unpaired) electrons. The zero-order chi connectivity index (χ0) is 21.2. The zero-order valence-corrected chi connectivity index (χ0v) is 18.1. The number of aryl methyl sites for hydroxylation is 2. The topological polar surface area (TPSA) is 78.4 Å². The number of hydrogen-bond acceptors (Lipinski definition) is 5. The number of amides is 1. The van der Waals surface area contributed by atoms with Crippen LogP contribution in [0.15, 0.2) is 24.4 Å². The van der Waals surface area contributed by atoms with Crippen LogP contribution in [0.5, 0.6) is 0 Å². The van der Waals surface area contributed by atoms with E-state index in [1.165, 1.54) is 0 Å². The van der Waals surface area contributed by atoms with Gasteiger partial charge in [0, 0.05) is 19.2 Å². The molecule has 0 saturated heterocycles. The van der Waals surface area contributed by atoms with Crippen LogP contribution in [0.3, 0.4) is 0 Å². The minimum atomic E-state index is -0.508. The van der Waals surface area contributed by atoms with E-state index in [4.69, 9.17) is 4.98 Å². The summed E-state index contributed by atoms with van der Waals surface area (Å²) in [4.78, 5) is 23.9. The molecule has 1 aliphatic rings. The second-order valence-corrected chi connectivity index (χ2v) is 9.19. The highest BCUT2D eigenvalue weighted by molar-refractivity contribution is 5.91. The Balaban J connectivity index is 1.77. The lowest BCUT2D eigenvalue weighted by Gasteiger charge is -2.31. The summed E-state index contributed by atoms with van der Waals surface area (Å²) in [5, 5.41) is 12.7. The number of nitrogens with one attached hydrogen (secondary N) is 1. The maximum absolute atomic E-state index is 12.3. The van der Waals surface area contributed by atoms with Crippen LogP contribution >= 0.6 is 0 Å². The number of aromatic nitrogens is 2. The molecule has 0 fully saturated rings. The molecule has 0 saturated carbocycles. The first-order valence-corrected chi connectivity index (χ1v) is 10.3. The second kappa shape index (κ2) is 8.49. The number of carbonyl (C=O) groups excluding carboxylic acids is 1. The van der Waals surface area contributed by atoms with Crippen molar-refractivity contribution in [2.45, 2.75) is 66.5 Å². The van der Waals surface area contributed by atoms with Crippen LogP contribution < -0.4 is 10.2 Å². The van der Waals surface area contributed by atoms with E-state index in [9.17, 15) is 9.90 Å². The molecule has 1 aliphatic heterocycles. The maximum Gasteiger partial charge on any atom is 0.226 e. The fourth-order valence-electron chi connectivity index (χ4n) is 3.57. The van der Waals surface area contributed by atoms with E-state index in [-0.39, 0.29) is 11.3 Å². The number of fused-ring (bicyclic) bond motifs is 1. The van der Waals surface area contributed by atoms with Gasteiger partial charge in [-0.1, -0.05) is 26.8 Å². The average molecular weight is 397 g/mol. The molecule has 0 bridgehead atoms. The number of hydrogen-bond donors (Lipinski definition) is 2. The predicted molar refractivity (Wildman–Crippen MR) is 116 cm³/mol. The van der Waals surface area contributed by atoms with Crippen molar-refractivity contribution in [1.82, 2.24) is 9.97 Å². The Morgan fingerprint density at radius 1 is 1.34 bits per heavy atom. The van der Waals surface area contributed by atoms with Crippen molar-refractivity contribution in [2.75, 3.05) is 16.8 Å². The molecule has 6 heteroatoms. The SMILES string of the molecule is Cc1cc2c(nc1NC(=O)CC(C)(C)C)CCCN2Cc1ccc(C(C)O)cn1. The highest BCUT2D eigenvalue weighted by Crippen LogP contribution is 2.31. The van der Waals surface area contributed by atoms with E-state index >= 15 is 0 Å². The molecule has 0 spiro atoms. The lowest BCUT2D eigenvalue weighted by molar-refractivity contribution is -0.117. The second-order valence-electron chi connectivity index (χ2n) is 9.19. The summed E-state index contributed by atoms with van der Waals surface area (Å²) >= 11 is 0. The van der Waals surface area contributed by atoms with Crippen LogP contribution in [-0.2, 0) is 17.8 Å². The van der Waals surface area contributed by atoms with Crippen molar-refractivity contribution in [3.8, 4) is 0 Å². The highest BCUT2D eigenvalue weighted by atomic mass is 16.3. The molecule has 0 aliphatic carbocycles. The van der Waals surface area contributed by atoms with Crippen LogP contribution in [0.1, 0.15) is 69.2 Å². The van der Waals surface area contributed by atoms with Gasteiger partial charge < -0.3 is 15.3 Å². The molecule has 2 aromatic rings. The van der Waals surface area contributed by atoms with Gasteiger partial charge in [0.15, 0.2) is 0 Å². The van der Waals surface area contributed by atoms with Crippen molar-refractivity contribution in [1.29, 1.82) is 0 Å². The molecule has 29 heavy (non-hydrogen) atoms. The molecule has 0 aromatic carbocycles. The Bertz CT molecular complexity index is 870. The van der Waals surface area contributed by atoms with Crippen molar-refractivity contribution in [2.24, 2.45) is 5.41 Å². The third kappa shape index (κ3) is 5.54. The fraction of sp³-hybridized carbons (Fsp3) is 0.522. The average Bonchev–Trinajstić information content (AvgIpc) is 2.62. The molecule has 1 atom stereocenters. The number of pyridine rings is 2. The van der Waals surface area contributed by atoms with E-state index in [0.717, 1.165) is 47.6 Å². The van der Waals surface area contributed by atoms with E-state index in [2.05, 4.69) is 42.0 Å². The number of aliphatic hydroxyl groups is 1. The number of anilines is 2. The summed E-state index contributed by atoms with van der Waals surface area (Å²) < 4.78 is 0. The third-order valence-electron chi connectivity index (χ3n) is 5.08. The lowest BCUT2D eigenvalue weighted by atomic mass is 9.92. The smallest absolute Gasteiger partial charge is 0.226 e. The summed E-state index contributed by atoms with van der Waals surface area (Å²) in [6, 6.07) is 6.02. The fourth-order valence-corrected chi connectivity index (χ4v) is 3.57. The molecule has 1 unspecified atom stereocenters. The first kappa shape index (κ1) is 21.2. The van der Waals surface area contributed by atoms with Crippen LogP contribution in [-0.4, -0.2) is 27.5 Å². The molecular formula is C23H32N4O2. The molecule has 3 rings (SSSR count). The van der Waals surface area contributed by atoms with Gasteiger partial charge in [-0.05, 0) is 55.4 Å². The van der Waals surface area contributed by atoms with Gasteiger partial charge in [0.25, 0.3) is 0 Å². The van der Waals surface area contributed by atoms with Crippen LogP contribution in [0.4, 0.5) is 11.5 Å². The standard InChI is InChI=1S/C23H32N4O2/c1-15-11-20-19(25-22(15)26-21(29)12-23(3,4)5)7-6-10-27(20)14-18-9-8-17(13-24-18)16(2)28/h8-9,11,13,16,28H,6-7,10,12,14H2,1-5H3,(H,25,26,29). The monoisotopic (exact) mass is 396 g/mol. The summed E-state index contributed by atoms with van der Waals surface area (Å²) in [5.74, 6) is 0.669. The highest BCUT2D eigenvalue weighted by Gasteiger charge is 2.22. The largest absolute Gasteiger partial charge is 0.389 e. The number of aliphatic hydroxyl groups excluding tert-OH is 1. The zero-order valence-electron chi connectivity index (χ0n) is 18.1. The van der Waals surface area contributed by atoms with Crippen LogP contribution in [0.25, 0.3) is 0 Å². The Morgan fingerprint density at radius 3 is 2.72 bits per heavy atom. The van der Waals surface area contributed by atoms with E-state index in [0.29, 0.717) is 18.8 Å². The van der Waals surface area contributed by atoms with Crippen LogP contribution in [0.2, 0.25) is 0 Å². The predicted octanol–water partition coefficient (Wildman–Crippen LogP) is 4.17. The van der Waals surface area contributed by atoms with Gasteiger partial charge in [-0.15, -0.1) is 0 Å². The van der Waals surface area contributed by atoms with Crippen LogP contribution in [0, 0.1) is 12.3 Å². The quantitative estimate of drug-likeness (QED) is 0.793. The molecule has 2 aromatic heterocycles. The number of nitrogens with zero attached hydrogens (tertiary/aromatic N) is 3.